The number of thiol groups is 1. The molecule has 1 aromatic rings. The number of sulfone groups is 1. The largest absolute Gasteiger partial charge is 0.386 e. The van der Waals surface area contributed by atoms with Crippen LogP contribution in [-0.4, -0.2) is 43.7 Å². The van der Waals surface area contributed by atoms with E-state index in [1.54, 1.807) is 0 Å². The molecule has 118 valence electrons. The number of rotatable bonds is 6. The van der Waals surface area contributed by atoms with E-state index in [2.05, 4.69) is 17.9 Å². The van der Waals surface area contributed by atoms with Crippen molar-refractivity contribution in [2.45, 2.75) is 29.2 Å². The van der Waals surface area contributed by atoms with E-state index in [4.69, 9.17) is 0 Å². The summed E-state index contributed by atoms with van der Waals surface area (Å²) in [5.74, 6) is -0.493. The van der Waals surface area contributed by atoms with Gasteiger partial charge in [0.2, 0.25) is 5.91 Å². The molecule has 1 aromatic carbocycles. The van der Waals surface area contributed by atoms with Crippen LogP contribution in [0.5, 0.6) is 0 Å². The van der Waals surface area contributed by atoms with Gasteiger partial charge in [-0.1, -0.05) is 12.1 Å². The Balaban J connectivity index is 2.90. The molecule has 0 heterocycles. The summed E-state index contributed by atoms with van der Waals surface area (Å²) in [6, 6.07) is 4.31. The molecule has 3 atom stereocenters. The first-order chi connectivity index (χ1) is 9.66. The van der Waals surface area contributed by atoms with E-state index in [1.165, 1.54) is 31.2 Å². The van der Waals surface area contributed by atoms with Gasteiger partial charge in [-0.3, -0.25) is 4.79 Å². The normalized spacial score (nSPS) is 16.0. The smallest absolute Gasteiger partial charge is 0.232 e. The summed E-state index contributed by atoms with van der Waals surface area (Å²) < 4.78 is 35.7. The predicted octanol–water partition coefficient (Wildman–Crippen LogP) is 0.896. The molecule has 8 heteroatoms. The van der Waals surface area contributed by atoms with Crippen molar-refractivity contribution >= 4 is 28.4 Å². The van der Waals surface area contributed by atoms with Crippen LogP contribution in [0.1, 0.15) is 18.6 Å². The van der Waals surface area contributed by atoms with Gasteiger partial charge >= 0.3 is 0 Å². The molecular formula is C13H18FNO4S2. The number of amides is 1. The topological polar surface area (TPSA) is 83.5 Å². The molecule has 21 heavy (non-hydrogen) atoms. The first-order valence-electron chi connectivity index (χ1n) is 6.19. The maximum Gasteiger partial charge on any atom is 0.232 e. The fraction of sp³-hybridized carbons (Fsp3) is 0.462. The summed E-state index contributed by atoms with van der Waals surface area (Å²) in [7, 11) is -3.34. The van der Waals surface area contributed by atoms with Crippen molar-refractivity contribution in [3.05, 3.63) is 29.8 Å². The van der Waals surface area contributed by atoms with Crippen LogP contribution in [0, 0.1) is 0 Å². The van der Waals surface area contributed by atoms with Crippen LogP contribution in [0.4, 0.5) is 4.39 Å². The zero-order valence-corrected chi connectivity index (χ0v) is 13.4. The van der Waals surface area contributed by atoms with Crippen molar-refractivity contribution in [3.8, 4) is 0 Å². The minimum Gasteiger partial charge on any atom is -0.386 e. The molecule has 1 unspecified atom stereocenters. The van der Waals surface area contributed by atoms with Crippen molar-refractivity contribution in [2.75, 3.05) is 12.9 Å². The van der Waals surface area contributed by atoms with Crippen LogP contribution < -0.4 is 5.32 Å². The number of alkyl halides is 1. The molecule has 0 fully saturated rings. The molecule has 0 saturated carbocycles. The number of halogens is 1. The zero-order valence-electron chi connectivity index (χ0n) is 11.7. The molecule has 0 saturated heterocycles. The summed E-state index contributed by atoms with van der Waals surface area (Å²) in [4.78, 5) is 11.6. The van der Waals surface area contributed by atoms with Crippen LogP contribution >= 0.6 is 12.6 Å². The molecule has 1 amide bonds. The number of aliphatic hydroxyl groups is 1. The lowest BCUT2D eigenvalue weighted by Gasteiger charge is -2.22. The van der Waals surface area contributed by atoms with E-state index in [-0.39, 0.29) is 4.90 Å². The van der Waals surface area contributed by atoms with E-state index in [0.717, 1.165) is 6.26 Å². The van der Waals surface area contributed by atoms with Gasteiger partial charge in [0.25, 0.3) is 0 Å². The summed E-state index contributed by atoms with van der Waals surface area (Å²) in [6.07, 6.45) is -0.212. The third-order valence-corrected chi connectivity index (χ3v) is 4.27. The Bertz CT molecular complexity index is 587. The highest BCUT2D eigenvalue weighted by molar-refractivity contribution is 7.90. The van der Waals surface area contributed by atoms with Gasteiger partial charge in [-0.25, -0.2) is 12.8 Å². The standard InChI is InChI=1S/C13H18FNO4S2/c1-8(20)13(17)15-11(7-14)12(16)9-3-5-10(6-4-9)21(2,18)19/h3-6,8,11-12,16,20H,7H2,1-2H3,(H,15,17)/t8?,11-,12+/m1/s1. The van der Waals surface area contributed by atoms with E-state index in [9.17, 15) is 22.7 Å². The summed E-state index contributed by atoms with van der Waals surface area (Å²) in [6.45, 7) is 0.572. The molecule has 0 aliphatic carbocycles. The van der Waals surface area contributed by atoms with Crippen molar-refractivity contribution in [2.24, 2.45) is 0 Å². The van der Waals surface area contributed by atoms with Crippen molar-refractivity contribution in [3.63, 3.8) is 0 Å². The van der Waals surface area contributed by atoms with Gasteiger partial charge in [-0.05, 0) is 24.6 Å². The van der Waals surface area contributed by atoms with Gasteiger partial charge in [0.05, 0.1) is 16.2 Å². The fourth-order valence-corrected chi connectivity index (χ4v) is 2.35. The molecule has 0 aromatic heterocycles. The summed E-state index contributed by atoms with van der Waals surface area (Å²) in [5.41, 5.74) is 0.317. The Hall–Kier alpha value is -1.12. The monoisotopic (exact) mass is 335 g/mol. The van der Waals surface area contributed by atoms with Crippen LogP contribution in [0.15, 0.2) is 29.2 Å². The molecular weight excluding hydrogens is 317 g/mol. The Morgan fingerprint density at radius 2 is 1.90 bits per heavy atom. The first kappa shape index (κ1) is 17.9. The molecule has 0 radical (unpaired) electrons. The van der Waals surface area contributed by atoms with Gasteiger partial charge in [-0.2, -0.15) is 12.6 Å². The number of hydrogen-bond donors (Lipinski definition) is 3. The maximum absolute atomic E-state index is 13.0. The fourth-order valence-electron chi connectivity index (χ4n) is 1.65. The quantitative estimate of drug-likeness (QED) is 0.675. The maximum atomic E-state index is 13.0. The van der Waals surface area contributed by atoms with Gasteiger partial charge in [0, 0.05) is 6.26 Å². The number of nitrogens with one attached hydrogen (secondary N) is 1. The molecule has 0 spiro atoms. The lowest BCUT2D eigenvalue weighted by atomic mass is 10.0. The highest BCUT2D eigenvalue weighted by Gasteiger charge is 2.24. The number of carbonyl (C=O) groups excluding carboxylic acids is 1. The van der Waals surface area contributed by atoms with Crippen LogP contribution in [0.3, 0.4) is 0 Å². The molecule has 0 aliphatic rings. The van der Waals surface area contributed by atoms with Gasteiger partial charge in [0.1, 0.15) is 12.8 Å². The van der Waals surface area contributed by atoms with E-state index in [0.29, 0.717) is 5.56 Å². The minimum absolute atomic E-state index is 0.100. The molecule has 0 bridgehead atoms. The summed E-state index contributed by atoms with van der Waals surface area (Å²) in [5, 5.41) is 11.8. The van der Waals surface area contributed by atoms with Crippen molar-refractivity contribution in [1.29, 1.82) is 0 Å². The molecule has 5 nitrogen and oxygen atoms in total. The minimum atomic E-state index is -3.34. The predicted molar refractivity (Wildman–Crippen MR) is 80.9 cm³/mol. The molecule has 0 aliphatic heterocycles. The third kappa shape index (κ3) is 4.98. The van der Waals surface area contributed by atoms with Crippen molar-refractivity contribution in [1.82, 2.24) is 5.32 Å². The lowest BCUT2D eigenvalue weighted by Crippen LogP contribution is -2.43. The van der Waals surface area contributed by atoms with Crippen LogP contribution in [-0.2, 0) is 14.6 Å². The summed E-state index contributed by atoms with van der Waals surface area (Å²) >= 11 is 3.92. The highest BCUT2D eigenvalue weighted by Crippen LogP contribution is 2.20. The van der Waals surface area contributed by atoms with Crippen LogP contribution in [0.25, 0.3) is 0 Å². The second-order valence-electron chi connectivity index (χ2n) is 4.73. The Kier molecular flexibility index (Phi) is 6.18. The van der Waals surface area contributed by atoms with E-state index in [1.807, 2.05) is 0 Å². The van der Waals surface area contributed by atoms with Crippen molar-refractivity contribution < 1.29 is 22.7 Å². The Morgan fingerprint density at radius 1 is 1.38 bits per heavy atom. The average molecular weight is 335 g/mol. The van der Waals surface area contributed by atoms with Gasteiger partial charge < -0.3 is 10.4 Å². The van der Waals surface area contributed by atoms with E-state index < -0.39 is 39.8 Å². The van der Waals surface area contributed by atoms with E-state index >= 15 is 0 Å². The lowest BCUT2D eigenvalue weighted by molar-refractivity contribution is -0.122. The average Bonchev–Trinajstić information content (AvgIpc) is 2.42. The number of carbonyl (C=O) groups is 1. The molecule has 1 rings (SSSR count). The number of hydrogen-bond acceptors (Lipinski definition) is 5. The first-order valence-corrected chi connectivity index (χ1v) is 8.60. The number of benzene rings is 1. The molecule has 2 N–H and O–H groups in total. The van der Waals surface area contributed by atoms with Crippen LogP contribution in [0.2, 0.25) is 0 Å². The SMILES string of the molecule is CC(S)C(=O)N[C@H](CF)[C@@H](O)c1ccc(S(C)(=O)=O)cc1. The Labute approximate surface area is 128 Å². The Morgan fingerprint density at radius 3 is 2.29 bits per heavy atom. The second kappa shape index (κ2) is 7.24. The third-order valence-electron chi connectivity index (χ3n) is 2.90. The van der Waals surface area contributed by atoms with Gasteiger partial charge in [0.15, 0.2) is 9.84 Å². The number of aliphatic hydroxyl groups excluding tert-OH is 1. The van der Waals surface area contributed by atoms with Gasteiger partial charge in [-0.15, -0.1) is 0 Å². The highest BCUT2D eigenvalue weighted by atomic mass is 32.2. The second-order valence-corrected chi connectivity index (χ2v) is 7.52. The zero-order chi connectivity index (χ0) is 16.2.